The second-order valence-electron chi connectivity index (χ2n) is 5.44. The molecular weight excluding hydrogens is 252 g/mol. The maximum absolute atomic E-state index is 4.57. The van der Waals surface area contributed by atoms with Gasteiger partial charge in [0.15, 0.2) is 5.82 Å². The molecule has 0 saturated carbocycles. The SMILES string of the molecule is CCC(C)n1ccc(Cn2cnc(CNC(C)C)n2)n1. The van der Waals surface area contributed by atoms with Crippen molar-refractivity contribution in [3.8, 4) is 0 Å². The molecule has 0 aliphatic rings. The first-order valence-electron chi connectivity index (χ1n) is 7.24. The number of aromatic nitrogens is 5. The summed E-state index contributed by atoms with van der Waals surface area (Å²) < 4.78 is 3.84. The molecular formula is C14H24N6. The highest BCUT2D eigenvalue weighted by molar-refractivity contribution is 5.00. The van der Waals surface area contributed by atoms with Gasteiger partial charge in [0.2, 0.25) is 0 Å². The summed E-state index contributed by atoms with van der Waals surface area (Å²) in [6, 6.07) is 2.92. The van der Waals surface area contributed by atoms with Crippen molar-refractivity contribution in [3.63, 3.8) is 0 Å². The first-order valence-corrected chi connectivity index (χ1v) is 7.24. The first-order chi connectivity index (χ1) is 9.58. The van der Waals surface area contributed by atoms with Gasteiger partial charge < -0.3 is 5.32 Å². The minimum atomic E-state index is 0.435. The van der Waals surface area contributed by atoms with Gasteiger partial charge in [-0.05, 0) is 19.4 Å². The van der Waals surface area contributed by atoms with Crippen LogP contribution >= 0.6 is 0 Å². The van der Waals surface area contributed by atoms with Gasteiger partial charge in [-0.25, -0.2) is 9.67 Å². The molecule has 0 spiro atoms. The molecule has 1 unspecified atom stereocenters. The van der Waals surface area contributed by atoms with Crippen molar-refractivity contribution in [1.82, 2.24) is 29.9 Å². The molecule has 0 amide bonds. The predicted octanol–water partition coefficient (Wildman–Crippen LogP) is 1.99. The molecule has 0 aliphatic heterocycles. The molecule has 2 rings (SSSR count). The third kappa shape index (κ3) is 3.90. The van der Waals surface area contributed by atoms with Gasteiger partial charge in [0.05, 0.1) is 18.8 Å². The lowest BCUT2D eigenvalue weighted by atomic mass is 10.3. The molecule has 0 bridgehead atoms. The molecule has 6 heteroatoms. The molecule has 2 aromatic rings. The Kier molecular flexibility index (Phi) is 4.89. The number of nitrogens with zero attached hydrogens (tertiary/aromatic N) is 5. The van der Waals surface area contributed by atoms with E-state index in [1.54, 1.807) is 6.33 Å². The van der Waals surface area contributed by atoms with E-state index in [4.69, 9.17) is 0 Å². The van der Waals surface area contributed by atoms with E-state index in [0.29, 0.717) is 25.2 Å². The molecule has 1 N–H and O–H groups in total. The van der Waals surface area contributed by atoms with Crippen LogP contribution in [0.3, 0.4) is 0 Å². The van der Waals surface area contributed by atoms with Crippen molar-refractivity contribution >= 4 is 0 Å². The van der Waals surface area contributed by atoms with Crippen LogP contribution in [-0.2, 0) is 13.1 Å². The monoisotopic (exact) mass is 276 g/mol. The molecule has 0 aromatic carbocycles. The fourth-order valence-electron chi connectivity index (χ4n) is 1.85. The highest BCUT2D eigenvalue weighted by Gasteiger charge is 2.07. The van der Waals surface area contributed by atoms with E-state index in [1.807, 2.05) is 21.6 Å². The second-order valence-corrected chi connectivity index (χ2v) is 5.44. The molecule has 0 radical (unpaired) electrons. The smallest absolute Gasteiger partial charge is 0.164 e. The quantitative estimate of drug-likeness (QED) is 0.840. The molecule has 0 aliphatic carbocycles. The molecule has 2 heterocycles. The van der Waals surface area contributed by atoms with Crippen molar-refractivity contribution < 1.29 is 0 Å². The summed E-state index contributed by atoms with van der Waals surface area (Å²) in [5, 5.41) is 12.3. The van der Waals surface area contributed by atoms with Gasteiger partial charge in [-0.15, -0.1) is 0 Å². The molecule has 0 saturated heterocycles. The predicted molar refractivity (Wildman–Crippen MR) is 78.3 cm³/mol. The van der Waals surface area contributed by atoms with E-state index in [9.17, 15) is 0 Å². The molecule has 2 aromatic heterocycles. The van der Waals surface area contributed by atoms with Gasteiger partial charge in [-0.1, -0.05) is 20.8 Å². The molecule has 110 valence electrons. The average Bonchev–Trinajstić information content (AvgIpc) is 3.05. The minimum Gasteiger partial charge on any atom is -0.308 e. The van der Waals surface area contributed by atoms with Gasteiger partial charge in [0, 0.05) is 18.3 Å². The van der Waals surface area contributed by atoms with Gasteiger partial charge in [0.25, 0.3) is 0 Å². The maximum atomic E-state index is 4.57. The van der Waals surface area contributed by atoms with E-state index in [-0.39, 0.29) is 0 Å². The third-order valence-electron chi connectivity index (χ3n) is 3.28. The van der Waals surface area contributed by atoms with Crippen molar-refractivity contribution in [2.75, 3.05) is 0 Å². The Labute approximate surface area is 120 Å². The zero-order valence-corrected chi connectivity index (χ0v) is 12.7. The molecule has 20 heavy (non-hydrogen) atoms. The van der Waals surface area contributed by atoms with Crippen molar-refractivity contribution in [2.45, 2.75) is 59.3 Å². The number of hydrogen-bond acceptors (Lipinski definition) is 4. The lowest BCUT2D eigenvalue weighted by molar-refractivity contribution is 0.470. The van der Waals surface area contributed by atoms with Gasteiger partial charge >= 0.3 is 0 Å². The van der Waals surface area contributed by atoms with Gasteiger partial charge in [-0.2, -0.15) is 10.2 Å². The van der Waals surface area contributed by atoms with Crippen LogP contribution in [0.1, 0.15) is 51.7 Å². The Balaban J connectivity index is 1.94. The average molecular weight is 276 g/mol. The van der Waals surface area contributed by atoms with Crippen molar-refractivity contribution in [2.24, 2.45) is 0 Å². The van der Waals surface area contributed by atoms with E-state index >= 15 is 0 Å². The van der Waals surface area contributed by atoms with Crippen LogP contribution in [0, 0.1) is 0 Å². The highest BCUT2D eigenvalue weighted by Crippen LogP contribution is 2.09. The lowest BCUT2D eigenvalue weighted by Gasteiger charge is -2.08. The normalized spacial score (nSPS) is 13.1. The van der Waals surface area contributed by atoms with Crippen LogP contribution in [0.25, 0.3) is 0 Å². The fourth-order valence-corrected chi connectivity index (χ4v) is 1.85. The largest absolute Gasteiger partial charge is 0.308 e. The standard InChI is InChI=1S/C14H24N6/c1-5-12(4)20-7-6-13(17-20)9-19-10-16-14(18-19)8-15-11(2)3/h6-7,10-12,15H,5,8-9H2,1-4H3. The first kappa shape index (κ1) is 14.7. The maximum Gasteiger partial charge on any atom is 0.164 e. The Bertz CT molecular complexity index is 527. The minimum absolute atomic E-state index is 0.435. The number of rotatable bonds is 7. The summed E-state index contributed by atoms with van der Waals surface area (Å²) in [6.07, 6.45) is 4.87. The van der Waals surface area contributed by atoms with Crippen LogP contribution in [0.15, 0.2) is 18.6 Å². The summed E-state index contributed by atoms with van der Waals surface area (Å²) in [6.45, 7) is 9.92. The van der Waals surface area contributed by atoms with Crippen LogP contribution in [0.5, 0.6) is 0 Å². The Morgan fingerprint density at radius 2 is 2.05 bits per heavy atom. The van der Waals surface area contributed by atoms with Crippen molar-refractivity contribution in [3.05, 3.63) is 30.1 Å². The second kappa shape index (κ2) is 6.65. The highest BCUT2D eigenvalue weighted by atomic mass is 15.4. The Hall–Kier alpha value is -1.69. The summed E-state index contributed by atoms with van der Waals surface area (Å²) in [5.41, 5.74) is 1.01. The van der Waals surface area contributed by atoms with Gasteiger partial charge in [-0.3, -0.25) is 4.68 Å². The fraction of sp³-hybridized carbons (Fsp3) is 0.643. The Morgan fingerprint density at radius 3 is 2.75 bits per heavy atom. The molecule has 0 fully saturated rings. The van der Waals surface area contributed by atoms with Crippen LogP contribution in [0.4, 0.5) is 0 Å². The topological polar surface area (TPSA) is 60.6 Å². The summed E-state index contributed by atoms with van der Waals surface area (Å²) in [4.78, 5) is 4.30. The zero-order chi connectivity index (χ0) is 14.5. The summed E-state index contributed by atoms with van der Waals surface area (Å²) in [7, 11) is 0. The van der Waals surface area contributed by atoms with Crippen LogP contribution < -0.4 is 5.32 Å². The van der Waals surface area contributed by atoms with E-state index in [2.05, 4.69) is 48.2 Å². The zero-order valence-electron chi connectivity index (χ0n) is 12.7. The molecule has 6 nitrogen and oxygen atoms in total. The summed E-state index contributed by atoms with van der Waals surface area (Å²) in [5.74, 6) is 0.819. The lowest BCUT2D eigenvalue weighted by Crippen LogP contribution is -2.22. The van der Waals surface area contributed by atoms with Gasteiger partial charge in [0.1, 0.15) is 6.33 Å². The number of nitrogens with one attached hydrogen (secondary N) is 1. The third-order valence-corrected chi connectivity index (χ3v) is 3.28. The van der Waals surface area contributed by atoms with Crippen LogP contribution in [0.2, 0.25) is 0 Å². The van der Waals surface area contributed by atoms with E-state index < -0.39 is 0 Å². The Morgan fingerprint density at radius 1 is 1.25 bits per heavy atom. The van der Waals surface area contributed by atoms with E-state index in [0.717, 1.165) is 17.9 Å². The molecule has 1 atom stereocenters. The van der Waals surface area contributed by atoms with E-state index in [1.165, 1.54) is 0 Å². The number of hydrogen-bond donors (Lipinski definition) is 1. The van der Waals surface area contributed by atoms with Crippen molar-refractivity contribution in [1.29, 1.82) is 0 Å². The van der Waals surface area contributed by atoms with Crippen LogP contribution in [-0.4, -0.2) is 30.6 Å². The summed E-state index contributed by atoms with van der Waals surface area (Å²) >= 11 is 0.